The third kappa shape index (κ3) is 3.02. The van der Waals surface area contributed by atoms with Gasteiger partial charge in [0.05, 0.1) is 0 Å². The van der Waals surface area contributed by atoms with Gasteiger partial charge in [0.25, 0.3) is 0 Å². The summed E-state index contributed by atoms with van der Waals surface area (Å²) in [4.78, 5) is 16.3. The maximum Gasteiger partial charge on any atom is 0.223 e. The molecule has 0 amide bonds. The van der Waals surface area contributed by atoms with E-state index in [9.17, 15) is 0 Å². The maximum absolute atomic E-state index is 5.55. The van der Waals surface area contributed by atoms with Gasteiger partial charge in [0, 0.05) is 18.0 Å². The fourth-order valence-corrected chi connectivity index (χ4v) is 1.94. The van der Waals surface area contributed by atoms with Crippen molar-refractivity contribution in [1.82, 2.24) is 19.9 Å². The highest BCUT2D eigenvalue weighted by molar-refractivity contribution is 7.99. The van der Waals surface area contributed by atoms with Crippen molar-refractivity contribution in [3.05, 3.63) is 24.0 Å². The molecule has 0 fully saturated rings. The van der Waals surface area contributed by atoms with Crippen molar-refractivity contribution in [1.29, 1.82) is 0 Å². The molecule has 17 heavy (non-hydrogen) atoms. The molecule has 0 saturated carbocycles. The molecule has 0 aliphatic carbocycles. The van der Waals surface area contributed by atoms with Crippen molar-refractivity contribution in [2.24, 2.45) is 5.84 Å². The molecular weight excluding hydrogens is 238 g/mol. The molecule has 2 heterocycles. The lowest BCUT2D eigenvalue weighted by atomic mass is 10.5. The van der Waals surface area contributed by atoms with Gasteiger partial charge in [-0.3, -0.25) is 0 Å². The Bertz CT molecular complexity index is 531. The summed E-state index contributed by atoms with van der Waals surface area (Å²) in [5, 5.41) is 1.24. The Labute approximate surface area is 102 Å². The first-order chi connectivity index (χ1) is 8.17. The van der Waals surface area contributed by atoms with Crippen LogP contribution in [0.4, 0.5) is 11.8 Å². The summed E-state index contributed by atoms with van der Waals surface area (Å²) in [5.41, 5.74) is 8.86. The van der Waals surface area contributed by atoms with E-state index >= 15 is 0 Å². The molecule has 0 aromatic carbocycles. The van der Waals surface area contributed by atoms with Crippen LogP contribution in [0.1, 0.15) is 5.69 Å². The first-order valence-corrected chi connectivity index (χ1v) is 5.57. The van der Waals surface area contributed by atoms with Crippen LogP contribution in [0.25, 0.3) is 0 Å². The van der Waals surface area contributed by atoms with E-state index in [-0.39, 0.29) is 5.95 Å². The molecule has 0 radical (unpaired) electrons. The molecule has 0 saturated heterocycles. The predicted molar refractivity (Wildman–Crippen MR) is 65.1 cm³/mol. The Morgan fingerprint density at radius 2 is 2.12 bits per heavy atom. The summed E-state index contributed by atoms with van der Waals surface area (Å²) in [6.45, 7) is 1.90. The van der Waals surface area contributed by atoms with Crippen molar-refractivity contribution in [3.63, 3.8) is 0 Å². The van der Waals surface area contributed by atoms with Gasteiger partial charge in [-0.1, -0.05) is 0 Å². The molecule has 0 atom stereocenters. The second-order valence-corrected chi connectivity index (χ2v) is 4.16. The van der Waals surface area contributed by atoms with E-state index < -0.39 is 0 Å². The van der Waals surface area contributed by atoms with Crippen LogP contribution in [0, 0.1) is 6.92 Å². The summed E-state index contributed by atoms with van der Waals surface area (Å²) in [5.74, 6) is 5.87. The Morgan fingerprint density at radius 1 is 1.29 bits per heavy atom. The fraction of sp³-hybridized carbons (Fsp3) is 0.111. The van der Waals surface area contributed by atoms with Gasteiger partial charge in [-0.2, -0.15) is 4.98 Å². The van der Waals surface area contributed by atoms with Gasteiger partial charge in [0.15, 0.2) is 5.16 Å². The van der Waals surface area contributed by atoms with Crippen LogP contribution >= 0.6 is 11.8 Å². The number of aromatic nitrogens is 4. The van der Waals surface area contributed by atoms with Crippen molar-refractivity contribution < 1.29 is 0 Å². The monoisotopic (exact) mass is 249 g/mol. The summed E-state index contributed by atoms with van der Waals surface area (Å²) in [6, 6.07) is 3.50. The third-order valence-corrected chi connectivity index (χ3v) is 2.63. The first-order valence-electron chi connectivity index (χ1n) is 4.76. The van der Waals surface area contributed by atoms with E-state index in [0.717, 1.165) is 5.69 Å². The minimum Gasteiger partial charge on any atom is -0.368 e. The van der Waals surface area contributed by atoms with Crippen molar-refractivity contribution in [3.8, 4) is 0 Å². The lowest BCUT2D eigenvalue weighted by Crippen LogP contribution is -2.10. The zero-order valence-corrected chi connectivity index (χ0v) is 9.90. The second-order valence-electron chi connectivity index (χ2n) is 3.18. The molecule has 0 bridgehead atoms. The van der Waals surface area contributed by atoms with Crippen LogP contribution in [-0.2, 0) is 0 Å². The largest absolute Gasteiger partial charge is 0.368 e. The normalized spacial score (nSPS) is 10.2. The summed E-state index contributed by atoms with van der Waals surface area (Å²) >= 11 is 1.30. The van der Waals surface area contributed by atoms with E-state index in [1.165, 1.54) is 11.8 Å². The van der Waals surface area contributed by atoms with E-state index in [1.807, 2.05) is 13.0 Å². The lowest BCUT2D eigenvalue weighted by Gasteiger charge is -2.04. The molecule has 0 spiro atoms. The number of nitrogens with two attached hydrogens (primary N) is 2. The fourth-order valence-electron chi connectivity index (χ4n) is 1.14. The van der Waals surface area contributed by atoms with E-state index in [2.05, 4.69) is 25.4 Å². The standard InChI is InChI=1S/C9H11N7S/c1-5-2-3-12-9(13-5)17-7-4-6(16-11)14-8(10)15-7/h2-4H,11H2,1H3,(H3,10,14,15,16). The van der Waals surface area contributed by atoms with E-state index in [4.69, 9.17) is 11.6 Å². The minimum absolute atomic E-state index is 0.149. The Hall–Kier alpha value is -1.93. The number of nitrogen functional groups attached to an aromatic ring is 2. The quantitative estimate of drug-likeness (QED) is 0.313. The van der Waals surface area contributed by atoms with Gasteiger partial charge in [-0.15, -0.1) is 0 Å². The molecule has 2 rings (SSSR count). The highest BCUT2D eigenvalue weighted by atomic mass is 32.2. The Morgan fingerprint density at radius 3 is 2.82 bits per heavy atom. The molecule has 2 aromatic rings. The van der Waals surface area contributed by atoms with Gasteiger partial charge in [-0.05, 0) is 24.8 Å². The zero-order valence-electron chi connectivity index (χ0n) is 9.08. The summed E-state index contributed by atoms with van der Waals surface area (Å²) < 4.78 is 0. The van der Waals surface area contributed by atoms with Crippen LogP contribution < -0.4 is 17.0 Å². The van der Waals surface area contributed by atoms with Crippen LogP contribution in [0.15, 0.2) is 28.5 Å². The number of rotatable bonds is 3. The molecule has 2 aromatic heterocycles. The van der Waals surface area contributed by atoms with Crippen LogP contribution in [0.5, 0.6) is 0 Å². The van der Waals surface area contributed by atoms with Crippen molar-refractivity contribution in [2.75, 3.05) is 11.2 Å². The predicted octanol–water partition coefficient (Wildman–Crippen LogP) is 0.594. The molecule has 0 aliphatic rings. The second kappa shape index (κ2) is 4.93. The van der Waals surface area contributed by atoms with Crippen molar-refractivity contribution >= 4 is 23.5 Å². The van der Waals surface area contributed by atoms with Gasteiger partial charge in [0.2, 0.25) is 5.95 Å². The number of aryl methyl sites for hydroxylation is 1. The average Bonchev–Trinajstić information content (AvgIpc) is 2.28. The van der Waals surface area contributed by atoms with Crippen LogP contribution in [-0.4, -0.2) is 19.9 Å². The molecule has 8 heteroatoms. The lowest BCUT2D eigenvalue weighted by molar-refractivity contribution is 0.926. The smallest absolute Gasteiger partial charge is 0.223 e. The number of hydrogen-bond donors (Lipinski definition) is 3. The van der Waals surface area contributed by atoms with Gasteiger partial charge in [-0.25, -0.2) is 20.8 Å². The molecule has 88 valence electrons. The van der Waals surface area contributed by atoms with Gasteiger partial charge >= 0.3 is 0 Å². The van der Waals surface area contributed by atoms with E-state index in [1.54, 1.807) is 12.3 Å². The van der Waals surface area contributed by atoms with Gasteiger partial charge < -0.3 is 11.2 Å². The highest BCUT2D eigenvalue weighted by Gasteiger charge is 2.05. The maximum atomic E-state index is 5.55. The molecule has 5 N–H and O–H groups in total. The average molecular weight is 249 g/mol. The zero-order chi connectivity index (χ0) is 12.3. The Kier molecular flexibility index (Phi) is 3.35. The number of anilines is 2. The molecular formula is C9H11N7S. The number of hydrogen-bond acceptors (Lipinski definition) is 8. The van der Waals surface area contributed by atoms with Crippen LogP contribution in [0.2, 0.25) is 0 Å². The van der Waals surface area contributed by atoms with Gasteiger partial charge in [0.1, 0.15) is 10.8 Å². The molecule has 7 nitrogen and oxygen atoms in total. The van der Waals surface area contributed by atoms with Crippen LogP contribution in [0.3, 0.4) is 0 Å². The highest BCUT2D eigenvalue weighted by Crippen LogP contribution is 2.24. The summed E-state index contributed by atoms with van der Waals surface area (Å²) in [7, 11) is 0. The van der Waals surface area contributed by atoms with Crippen molar-refractivity contribution in [2.45, 2.75) is 17.1 Å². The number of hydrazine groups is 1. The SMILES string of the molecule is Cc1ccnc(Sc2cc(NN)nc(N)n2)n1. The third-order valence-electron chi connectivity index (χ3n) is 1.84. The summed E-state index contributed by atoms with van der Waals surface area (Å²) in [6.07, 6.45) is 1.69. The molecule has 0 aliphatic heterocycles. The minimum atomic E-state index is 0.149. The number of nitrogens with one attached hydrogen (secondary N) is 1. The molecule has 0 unspecified atom stereocenters. The number of nitrogens with zero attached hydrogens (tertiary/aromatic N) is 4. The topological polar surface area (TPSA) is 116 Å². The Balaban J connectivity index is 2.26. The van der Waals surface area contributed by atoms with E-state index in [0.29, 0.717) is 16.0 Å². The first kappa shape index (κ1) is 11.6.